The molecule has 0 saturated carbocycles. The minimum atomic E-state index is -3.91. The Labute approximate surface area is 169 Å². The fourth-order valence-corrected chi connectivity index (χ4v) is 4.02. The van der Waals surface area contributed by atoms with Gasteiger partial charge < -0.3 is 10.6 Å². The van der Waals surface area contributed by atoms with Crippen LogP contribution in [0, 0.1) is 0 Å². The summed E-state index contributed by atoms with van der Waals surface area (Å²) < 4.78 is 27.3. The highest BCUT2D eigenvalue weighted by Crippen LogP contribution is 2.22. The zero-order valence-corrected chi connectivity index (χ0v) is 17.3. The van der Waals surface area contributed by atoms with Crippen LogP contribution in [0.2, 0.25) is 5.02 Å². The fraction of sp³-hybridized carbons (Fsp3) is 0.263. The molecule has 2 unspecified atom stereocenters. The number of hydrogen-bond acceptors (Lipinski definition) is 4. The summed E-state index contributed by atoms with van der Waals surface area (Å²) in [6, 6.07) is 11.4. The van der Waals surface area contributed by atoms with Crippen molar-refractivity contribution in [3.05, 3.63) is 59.1 Å². The van der Waals surface area contributed by atoms with Crippen molar-refractivity contribution in [1.29, 1.82) is 0 Å². The van der Waals surface area contributed by atoms with E-state index in [0.29, 0.717) is 10.7 Å². The molecule has 0 fully saturated rings. The Balaban J connectivity index is 2.03. The first-order valence-corrected chi connectivity index (χ1v) is 10.4. The summed E-state index contributed by atoms with van der Waals surface area (Å²) in [5.41, 5.74) is 1.21. The molecule has 0 aliphatic rings. The lowest BCUT2D eigenvalue weighted by Gasteiger charge is -2.19. The third kappa shape index (κ3) is 5.79. The molecular weight excluding hydrogens is 402 g/mol. The largest absolute Gasteiger partial charge is 0.348 e. The second kappa shape index (κ2) is 9.18. The third-order valence-corrected chi connectivity index (χ3v) is 5.84. The van der Waals surface area contributed by atoms with Crippen molar-refractivity contribution < 1.29 is 18.0 Å². The molecule has 3 N–H and O–H groups in total. The summed E-state index contributed by atoms with van der Waals surface area (Å²) in [6.07, 6.45) is 0. The molecule has 2 atom stereocenters. The summed E-state index contributed by atoms with van der Waals surface area (Å²) in [4.78, 5) is 23.4. The predicted octanol–water partition coefficient (Wildman–Crippen LogP) is 2.84. The van der Waals surface area contributed by atoms with Crippen LogP contribution < -0.4 is 15.4 Å². The summed E-state index contributed by atoms with van der Waals surface area (Å²) in [5, 5.41) is 5.82. The summed E-state index contributed by atoms with van der Waals surface area (Å²) >= 11 is 6.12. The second-order valence-corrected chi connectivity index (χ2v) is 8.42. The smallest absolute Gasteiger partial charge is 0.241 e. The maximum absolute atomic E-state index is 12.5. The quantitative estimate of drug-likeness (QED) is 0.636. The number of sulfonamides is 1. The van der Waals surface area contributed by atoms with Gasteiger partial charge in [-0.3, -0.25) is 9.59 Å². The SMILES string of the molecule is CC(=O)Nc1ccc(S(=O)(=O)NC(C)C(=O)NC(C)c2ccccc2Cl)cc1. The maximum Gasteiger partial charge on any atom is 0.241 e. The normalized spacial score (nSPS) is 13.4. The van der Waals surface area contributed by atoms with Gasteiger partial charge >= 0.3 is 0 Å². The lowest BCUT2D eigenvalue weighted by molar-refractivity contribution is -0.123. The summed E-state index contributed by atoms with van der Waals surface area (Å²) in [7, 11) is -3.91. The Morgan fingerprint density at radius 1 is 1.00 bits per heavy atom. The average molecular weight is 424 g/mol. The molecule has 0 heterocycles. The van der Waals surface area contributed by atoms with Crippen LogP contribution in [-0.4, -0.2) is 26.3 Å². The summed E-state index contributed by atoms with van der Waals surface area (Å²) in [6.45, 7) is 4.58. The zero-order valence-electron chi connectivity index (χ0n) is 15.7. The van der Waals surface area contributed by atoms with Gasteiger partial charge in [-0.15, -0.1) is 0 Å². The molecule has 7 nitrogen and oxygen atoms in total. The molecule has 0 spiro atoms. The van der Waals surface area contributed by atoms with Gasteiger partial charge in [0.25, 0.3) is 0 Å². The molecule has 2 amide bonds. The molecule has 2 aromatic rings. The van der Waals surface area contributed by atoms with Crippen molar-refractivity contribution in [1.82, 2.24) is 10.0 Å². The number of anilines is 1. The molecule has 0 aromatic heterocycles. The number of rotatable bonds is 7. The van der Waals surface area contributed by atoms with E-state index in [1.54, 1.807) is 31.2 Å². The number of hydrogen-bond donors (Lipinski definition) is 3. The topological polar surface area (TPSA) is 104 Å². The first-order valence-electron chi connectivity index (χ1n) is 8.55. The van der Waals surface area contributed by atoms with E-state index >= 15 is 0 Å². The lowest BCUT2D eigenvalue weighted by atomic mass is 10.1. The molecule has 9 heteroatoms. The van der Waals surface area contributed by atoms with Gasteiger partial charge in [0.2, 0.25) is 21.8 Å². The molecule has 0 aliphatic heterocycles. The maximum atomic E-state index is 12.5. The number of benzene rings is 2. The Hall–Kier alpha value is -2.42. The molecule has 28 heavy (non-hydrogen) atoms. The van der Waals surface area contributed by atoms with Crippen LogP contribution in [0.4, 0.5) is 5.69 Å². The van der Waals surface area contributed by atoms with E-state index in [9.17, 15) is 18.0 Å². The van der Waals surface area contributed by atoms with Gasteiger partial charge in [0.15, 0.2) is 0 Å². The van der Waals surface area contributed by atoms with Gasteiger partial charge in [0.05, 0.1) is 17.0 Å². The van der Waals surface area contributed by atoms with Crippen molar-refractivity contribution in [3.63, 3.8) is 0 Å². The van der Waals surface area contributed by atoms with Crippen molar-refractivity contribution in [2.45, 2.75) is 37.8 Å². The van der Waals surface area contributed by atoms with E-state index in [1.165, 1.54) is 38.1 Å². The third-order valence-electron chi connectivity index (χ3n) is 3.94. The minimum Gasteiger partial charge on any atom is -0.348 e. The van der Waals surface area contributed by atoms with Crippen LogP contribution in [0.1, 0.15) is 32.4 Å². The van der Waals surface area contributed by atoms with Crippen LogP contribution in [0.3, 0.4) is 0 Å². The lowest BCUT2D eigenvalue weighted by Crippen LogP contribution is -2.45. The first kappa shape index (κ1) is 21.9. The van der Waals surface area contributed by atoms with Crippen LogP contribution in [0.25, 0.3) is 0 Å². The van der Waals surface area contributed by atoms with Gasteiger partial charge in [0, 0.05) is 17.6 Å². The zero-order chi connectivity index (χ0) is 20.9. The molecular formula is C19H22ClN3O4S. The monoisotopic (exact) mass is 423 g/mol. The van der Waals surface area contributed by atoms with Gasteiger partial charge in [-0.1, -0.05) is 29.8 Å². The van der Waals surface area contributed by atoms with E-state index in [1.807, 2.05) is 0 Å². The van der Waals surface area contributed by atoms with Gasteiger partial charge in [-0.05, 0) is 49.7 Å². The number of carbonyl (C=O) groups excluding carboxylic acids is 2. The molecule has 0 radical (unpaired) electrons. The Bertz CT molecular complexity index is 961. The average Bonchev–Trinajstić information content (AvgIpc) is 2.61. The van der Waals surface area contributed by atoms with Crippen molar-refractivity contribution in [3.8, 4) is 0 Å². The standard InChI is InChI=1S/C19H22ClN3O4S/c1-12(17-6-4-5-7-18(17)20)21-19(25)13(2)23-28(26,27)16-10-8-15(9-11-16)22-14(3)24/h4-13,23H,1-3H3,(H,21,25)(H,22,24). The highest BCUT2D eigenvalue weighted by atomic mass is 35.5. The Morgan fingerprint density at radius 3 is 2.18 bits per heavy atom. The van der Waals surface area contributed by atoms with Crippen molar-refractivity contribution >= 4 is 39.1 Å². The van der Waals surface area contributed by atoms with E-state index in [-0.39, 0.29) is 16.8 Å². The molecule has 0 aliphatic carbocycles. The van der Waals surface area contributed by atoms with Crippen molar-refractivity contribution in [2.24, 2.45) is 0 Å². The number of halogens is 1. The van der Waals surface area contributed by atoms with E-state index < -0.39 is 22.0 Å². The van der Waals surface area contributed by atoms with Crippen LogP contribution >= 0.6 is 11.6 Å². The number of amides is 2. The van der Waals surface area contributed by atoms with Crippen molar-refractivity contribution in [2.75, 3.05) is 5.32 Å². The first-order chi connectivity index (χ1) is 13.1. The second-order valence-electron chi connectivity index (χ2n) is 6.30. The fourth-order valence-electron chi connectivity index (χ4n) is 2.52. The van der Waals surface area contributed by atoms with E-state index in [0.717, 1.165) is 5.56 Å². The summed E-state index contributed by atoms with van der Waals surface area (Å²) in [5.74, 6) is -0.738. The molecule has 0 saturated heterocycles. The van der Waals surface area contributed by atoms with E-state index in [2.05, 4.69) is 15.4 Å². The van der Waals surface area contributed by atoms with Gasteiger partial charge in [-0.25, -0.2) is 8.42 Å². The van der Waals surface area contributed by atoms with Crippen LogP contribution in [-0.2, 0) is 19.6 Å². The highest BCUT2D eigenvalue weighted by molar-refractivity contribution is 7.89. The number of carbonyl (C=O) groups is 2. The molecule has 2 rings (SSSR count). The van der Waals surface area contributed by atoms with Crippen LogP contribution in [0.15, 0.2) is 53.4 Å². The van der Waals surface area contributed by atoms with Gasteiger partial charge in [0.1, 0.15) is 0 Å². The molecule has 150 valence electrons. The Kier molecular flexibility index (Phi) is 7.17. The number of nitrogens with one attached hydrogen (secondary N) is 3. The van der Waals surface area contributed by atoms with Crippen LogP contribution in [0.5, 0.6) is 0 Å². The predicted molar refractivity (Wildman–Crippen MR) is 109 cm³/mol. The molecule has 2 aromatic carbocycles. The highest BCUT2D eigenvalue weighted by Gasteiger charge is 2.23. The molecule has 0 bridgehead atoms. The van der Waals surface area contributed by atoms with E-state index in [4.69, 9.17) is 11.6 Å². The Morgan fingerprint density at radius 2 is 1.61 bits per heavy atom. The minimum absolute atomic E-state index is 0.0135. The van der Waals surface area contributed by atoms with Gasteiger partial charge in [-0.2, -0.15) is 4.72 Å².